The molecule has 0 spiro atoms. The van der Waals surface area contributed by atoms with Crippen molar-refractivity contribution in [2.75, 3.05) is 6.61 Å². The normalized spacial score (nSPS) is 23.8. The first kappa shape index (κ1) is 9.03. The smallest absolute Gasteiger partial charge is 0.310 e. The maximum Gasteiger partial charge on any atom is 0.310 e. The summed E-state index contributed by atoms with van der Waals surface area (Å²) in [6.07, 6.45) is 0.444. The molecule has 0 bridgehead atoms. The summed E-state index contributed by atoms with van der Waals surface area (Å²) in [7, 11) is 0. The highest BCUT2D eigenvalue weighted by Gasteiger charge is 2.34. The minimum absolute atomic E-state index is 0.0103. The molecule has 1 N–H and O–H groups in total. The quantitative estimate of drug-likeness (QED) is 0.483. The zero-order valence-electron chi connectivity index (χ0n) is 7.29. The Bertz CT molecular complexity index is 194. The van der Waals surface area contributed by atoms with Gasteiger partial charge in [0.15, 0.2) is 0 Å². The number of carbonyl (C=O) groups is 2. The van der Waals surface area contributed by atoms with E-state index in [0.717, 1.165) is 0 Å². The van der Waals surface area contributed by atoms with Crippen molar-refractivity contribution in [3.8, 4) is 0 Å². The number of hydrogen-bond donors (Lipinski definition) is 1. The van der Waals surface area contributed by atoms with E-state index in [1.165, 1.54) is 0 Å². The Labute approximate surface area is 71.3 Å². The van der Waals surface area contributed by atoms with Gasteiger partial charge in [-0.05, 0) is 13.8 Å². The zero-order valence-corrected chi connectivity index (χ0v) is 7.29. The van der Waals surface area contributed by atoms with Crippen LogP contribution in [-0.4, -0.2) is 24.5 Å². The summed E-state index contributed by atoms with van der Waals surface area (Å²) in [5.41, 5.74) is 0. The van der Waals surface area contributed by atoms with Crippen LogP contribution in [0, 0.1) is 5.92 Å². The maximum atomic E-state index is 11.1. The van der Waals surface area contributed by atoms with Gasteiger partial charge < -0.3 is 10.1 Å². The fourth-order valence-corrected chi connectivity index (χ4v) is 1.13. The molecule has 68 valence electrons. The van der Waals surface area contributed by atoms with Crippen LogP contribution in [0.3, 0.4) is 0 Å². The molecule has 4 heteroatoms. The average Bonchev–Trinajstić information content (AvgIpc) is 1.98. The van der Waals surface area contributed by atoms with Gasteiger partial charge in [0.05, 0.1) is 18.6 Å². The SMILES string of the molecule is CCOC(=O)[C@H](C)[C@@H]1CC(=O)N1. The molecule has 0 saturated carbocycles. The fourth-order valence-electron chi connectivity index (χ4n) is 1.13. The van der Waals surface area contributed by atoms with E-state index in [9.17, 15) is 9.59 Å². The van der Waals surface area contributed by atoms with Gasteiger partial charge in [-0.1, -0.05) is 0 Å². The Balaban J connectivity index is 2.32. The second-order valence-corrected chi connectivity index (χ2v) is 2.92. The van der Waals surface area contributed by atoms with Crippen LogP contribution in [0.25, 0.3) is 0 Å². The molecule has 0 aromatic heterocycles. The third-order valence-corrected chi connectivity index (χ3v) is 2.01. The monoisotopic (exact) mass is 171 g/mol. The molecule has 1 saturated heterocycles. The molecule has 0 aliphatic carbocycles. The van der Waals surface area contributed by atoms with Gasteiger partial charge >= 0.3 is 5.97 Å². The lowest BCUT2D eigenvalue weighted by molar-refractivity contribution is -0.150. The molecule has 0 radical (unpaired) electrons. The van der Waals surface area contributed by atoms with E-state index in [1.807, 2.05) is 0 Å². The Kier molecular flexibility index (Phi) is 2.68. The molecule has 2 atom stereocenters. The fraction of sp³-hybridized carbons (Fsp3) is 0.750. The van der Waals surface area contributed by atoms with Crippen LogP contribution in [0.5, 0.6) is 0 Å². The minimum Gasteiger partial charge on any atom is -0.466 e. The molecule has 0 unspecified atom stereocenters. The third kappa shape index (κ3) is 1.75. The maximum absolute atomic E-state index is 11.1. The molecular weight excluding hydrogens is 158 g/mol. The Hall–Kier alpha value is -1.06. The first-order chi connectivity index (χ1) is 5.65. The Morgan fingerprint density at radius 2 is 2.42 bits per heavy atom. The van der Waals surface area contributed by atoms with E-state index in [1.54, 1.807) is 13.8 Å². The van der Waals surface area contributed by atoms with Crippen molar-refractivity contribution in [3.05, 3.63) is 0 Å². The lowest BCUT2D eigenvalue weighted by Crippen LogP contribution is -2.54. The molecule has 1 heterocycles. The number of carbonyl (C=O) groups excluding carboxylic acids is 2. The van der Waals surface area contributed by atoms with Crippen molar-refractivity contribution < 1.29 is 14.3 Å². The second kappa shape index (κ2) is 3.56. The van der Waals surface area contributed by atoms with E-state index in [-0.39, 0.29) is 23.8 Å². The highest BCUT2D eigenvalue weighted by molar-refractivity contribution is 5.85. The number of esters is 1. The summed E-state index contributed by atoms with van der Waals surface area (Å²) < 4.78 is 4.81. The molecule has 1 rings (SSSR count). The van der Waals surface area contributed by atoms with Crippen molar-refractivity contribution in [1.29, 1.82) is 0 Å². The summed E-state index contributed by atoms with van der Waals surface area (Å²) >= 11 is 0. The lowest BCUT2D eigenvalue weighted by atomic mass is 9.93. The van der Waals surface area contributed by atoms with Crippen molar-refractivity contribution in [2.45, 2.75) is 26.3 Å². The molecule has 1 amide bonds. The number of rotatable bonds is 3. The Morgan fingerprint density at radius 3 is 2.83 bits per heavy atom. The van der Waals surface area contributed by atoms with Crippen LogP contribution < -0.4 is 5.32 Å². The molecule has 4 nitrogen and oxygen atoms in total. The summed E-state index contributed by atoms with van der Waals surface area (Å²) in [5, 5.41) is 2.64. The van der Waals surface area contributed by atoms with Crippen molar-refractivity contribution in [1.82, 2.24) is 5.32 Å². The second-order valence-electron chi connectivity index (χ2n) is 2.92. The van der Waals surface area contributed by atoms with Crippen LogP contribution in [0.1, 0.15) is 20.3 Å². The average molecular weight is 171 g/mol. The molecular formula is C8H13NO3. The summed E-state index contributed by atoms with van der Waals surface area (Å²) in [5.74, 6) is -0.443. The zero-order chi connectivity index (χ0) is 9.14. The van der Waals surface area contributed by atoms with Crippen LogP contribution in [0.15, 0.2) is 0 Å². The van der Waals surface area contributed by atoms with E-state index in [4.69, 9.17) is 4.74 Å². The van der Waals surface area contributed by atoms with Gasteiger partial charge in [0.1, 0.15) is 0 Å². The number of hydrogen-bond acceptors (Lipinski definition) is 3. The van der Waals surface area contributed by atoms with Gasteiger partial charge in [0.2, 0.25) is 5.91 Å². The van der Waals surface area contributed by atoms with Gasteiger partial charge in [0.25, 0.3) is 0 Å². The number of nitrogens with one attached hydrogen (secondary N) is 1. The first-order valence-electron chi connectivity index (χ1n) is 4.11. The van der Waals surface area contributed by atoms with Crippen LogP contribution in [0.2, 0.25) is 0 Å². The largest absolute Gasteiger partial charge is 0.466 e. The van der Waals surface area contributed by atoms with Crippen molar-refractivity contribution in [3.63, 3.8) is 0 Å². The van der Waals surface area contributed by atoms with Crippen molar-refractivity contribution >= 4 is 11.9 Å². The Morgan fingerprint density at radius 1 is 1.83 bits per heavy atom. The molecule has 1 fully saturated rings. The summed E-state index contributed by atoms with van der Waals surface area (Å²) in [6, 6.07) is -0.0171. The highest BCUT2D eigenvalue weighted by atomic mass is 16.5. The lowest BCUT2D eigenvalue weighted by Gasteiger charge is -2.30. The molecule has 1 aliphatic rings. The molecule has 1 aliphatic heterocycles. The van der Waals surface area contributed by atoms with Crippen molar-refractivity contribution in [2.24, 2.45) is 5.92 Å². The topological polar surface area (TPSA) is 55.4 Å². The number of ether oxygens (including phenoxy) is 1. The predicted octanol–water partition coefficient (Wildman–Crippen LogP) is 0.0741. The van der Waals surface area contributed by atoms with Gasteiger partial charge in [-0.25, -0.2) is 0 Å². The van der Waals surface area contributed by atoms with Gasteiger partial charge in [-0.3, -0.25) is 9.59 Å². The van der Waals surface area contributed by atoms with Gasteiger partial charge in [-0.15, -0.1) is 0 Å². The molecule has 0 aromatic rings. The third-order valence-electron chi connectivity index (χ3n) is 2.01. The van der Waals surface area contributed by atoms with E-state index in [2.05, 4.69) is 5.32 Å². The van der Waals surface area contributed by atoms with E-state index in [0.29, 0.717) is 13.0 Å². The predicted molar refractivity (Wildman–Crippen MR) is 42.3 cm³/mol. The van der Waals surface area contributed by atoms with Crippen LogP contribution >= 0.6 is 0 Å². The highest BCUT2D eigenvalue weighted by Crippen LogP contribution is 2.15. The number of β-lactam (4-membered cyclic amide) rings is 1. The van der Waals surface area contributed by atoms with E-state index >= 15 is 0 Å². The van der Waals surface area contributed by atoms with Crippen LogP contribution in [0.4, 0.5) is 0 Å². The van der Waals surface area contributed by atoms with Gasteiger partial charge in [-0.2, -0.15) is 0 Å². The number of amides is 1. The summed E-state index contributed by atoms with van der Waals surface area (Å²) in [6.45, 7) is 3.93. The minimum atomic E-state index is -0.234. The van der Waals surface area contributed by atoms with Crippen LogP contribution in [-0.2, 0) is 14.3 Å². The summed E-state index contributed by atoms with van der Waals surface area (Å²) in [4.78, 5) is 21.6. The van der Waals surface area contributed by atoms with Gasteiger partial charge in [0, 0.05) is 6.42 Å². The standard InChI is InChI=1S/C8H13NO3/c1-3-12-8(11)5(2)6-4-7(10)9-6/h5-6H,3-4H2,1-2H3,(H,9,10)/t5-,6+/m1/s1. The first-order valence-corrected chi connectivity index (χ1v) is 4.11. The molecule has 0 aromatic carbocycles. The molecule has 12 heavy (non-hydrogen) atoms. The van der Waals surface area contributed by atoms with E-state index < -0.39 is 0 Å².